The van der Waals surface area contributed by atoms with Gasteiger partial charge in [0.25, 0.3) is 0 Å². The number of nitrogens with zero attached hydrogens (tertiary/aromatic N) is 1. The molecule has 0 radical (unpaired) electrons. The first kappa shape index (κ1) is 17.9. The average molecular weight is 387 g/mol. The Morgan fingerprint density at radius 2 is 2.00 bits per heavy atom. The Morgan fingerprint density at radius 1 is 1.17 bits per heavy atom. The lowest BCUT2D eigenvalue weighted by molar-refractivity contribution is -0.123. The van der Waals surface area contributed by atoms with Crippen molar-refractivity contribution in [3.8, 4) is 0 Å². The number of hydrogen-bond acceptors (Lipinski definition) is 3. The Kier molecular flexibility index (Phi) is 4.31. The lowest BCUT2D eigenvalue weighted by Crippen LogP contribution is -2.48. The highest BCUT2D eigenvalue weighted by atomic mass is 19.1. The lowest BCUT2D eigenvalue weighted by atomic mass is 9.77. The summed E-state index contributed by atoms with van der Waals surface area (Å²) < 4.78 is 14.8. The van der Waals surface area contributed by atoms with E-state index >= 15 is 0 Å². The first-order chi connectivity index (χ1) is 14.1. The van der Waals surface area contributed by atoms with Crippen LogP contribution < -0.4 is 10.6 Å². The molecule has 5 heteroatoms. The highest BCUT2D eigenvalue weighted by Crippen LogP contribution is 2.50. The van der Waals surface area contributed by atoms with Gasteiger partial charge >= 0.3 is 0 Å². The molecule has 0 saturated carbocycles. The van der Waals surface area contributed by atoms with E-state index in [2.05, 4.69) is 27.8 Å². The molecule has 2 aromatic carbocycles. The number of anilines is 1. The van der Waals surface area contributed by atoms with Gasteiger partial charge in [-0.25, -0.2) is 4.39 Å². The monoisotopic (exact) mass is 387 g/mol. The number of pyridine rings is 1. The molecule has 146 valence electrons. The van der Waals surface area contributed by atoms with Crippen LogP contribution in [0.1, 0.15) is 33.9 Å². The molecule has 2 aliphatic rings. The average Bonchev–Trinajstić information content (AvgIpc) is 3.12. The van der Waals surface area contributed by atoms with Gasteiger partial charge in [-0.15, -0.1) is 0 Å². The van der Waals surface area contributed by atoms with Gasteiger partial charge in [0, 0.05) is 18.0 Å². The molecule has 0 fully saturated rings. The molecule has 5 rings (SSSR count). The molecule has 0 bridgehead atoms. The van der Waals surface area contributed by atoms with Gasteiger partial charge in [0.15, 0.2) is 0 Å². The zero-order valence-corrected chi connectivity index (χ0v) is 16.2. The fourth-order valence-corrected chi connectivity index (χ4v) is 4.81. The third-order valence-corrected chi connectivity index (χ3v) is 6.05. The summed E-state index contributed by atoms with van der Waals surface area (Å²) in [6, 6.07) is 17.0. The summed E-state index contributed by atoms with van der Waals surface area (Å²) in [5.74, 6) is -0.360. The number of rotatable bonds is 3. The fraction of sp³-hybridized carbons (Fsp3) is 0.250. The number of hydrogen-bond donors (Lipinski definition) is 2. The van der Waals surface area contributed by atoms with Crippen molar-refractivity contribution in [3.05, 3.63) is 94.6 Å². The molecule has 29 heavy (non-hydrogen) atoms. The second kappa shape index (κ2) is 6.99. The van der Waals surface area contributed by atoms with Crippen LogP contribution >= 0.6 is 0 Å². The number of nitrogens with one attached hydrogen (secondary N) is 2. The number of carbonyl (C=O) groups excluding carboxylic acids is 1. The van der Waals surface area contributed by atoms with Crippen LogP contribution in [0.5, 0.6) is 0 Å². The van der Waals surface area contributed by atoms with Gasteiger partial charge in [-0.3, -0.25) is 9.78 Å². The first-order valence-electron chi connectivity index (χ1n) is 9.94. The van der Waals surface area contributed by atoms with Gasteiger partial charge in [-0.1, -0.05) is 36.4 Å². The lowest BCUT2D eigenvalue weighted by Gasteiger charge is -2.37. The van der Waals surface area contributed by atoms with Crippen LogP contribution in [0.4, 0.5) is 10.1 Å². The molecule has 3 unspecified atom stereocenters. The van der Waals surface area contributed by atoms with Crippen molar-refractivity contribution in [1.29, 1.82) is 0 Å². The Morgan fingerprint density at radius 3 is 2.83 bits per heavy atom. The minimum Gasteiger partial charge on any atom is -0.371 e. The molecule has 1 aromatic heterocycles. The van der Waals surface area contributed by atoms with Crippen LogP contribution in [0.15, 0.2) is 60.8 Å². The molecule has 3 aromatic rings. The smallest absolute Gasteiger partial charge is 0.243 e. The third-order valence-electron chi connectivity index (χ3n) is 6.05. The molecule has 0 saturated heterocycles. The van der Waals surface area contributed by atoms with Crippen molar-refractivity contribution >= 4 is 11.6 Å². The van der Waals surface area contributed by atoms with E-state index in [-0.39, 0.29) is 23.6 Å². The van der Waals surface area contributed by atoms with Crippen molar-refractivity contribution in [2.24, 2.45) is 5.92 Å². The van der Waals surface area contributed by atoms with Crippen LogP contribution in [-0.4, -0.2) is 16.9 Å². The van der Waals surface area contributed by atoms with E-state index in [1.165, 1.54) is 17.2 Å². The number of benzene rings is 2. The topological polar surface area (TPSA) is 54.0 Å². The molecule has 1 amide bonds. The second-order valence-corrected chi connectivity index (χ2v) is 7.92. The number of carbonyl (C=O) groups is 1. The number of halogens is 1. The van der Waals surface area contributed by atoms with E-state index in [0.29, 0.717) is 12.2 Å². The quantitative estimate of drug-likeness (QED) is 0.716. The third kappa shape index (κ3) is 3.07. The van der Waals surface area contributed by atoms with Crippen molar-refractivity contribution in [2.75, 3.05) is 5.32 Å². The summed E-state index contributed by atoms with van der Waals surface area (Å²) in [6.45, 7) is 2.26. The van der Waals surface area contributed by atoms with E-state index in [1.807, 2.05) is 43.3 Å². The Labute approximate surface area is 169 Å². The van der Waals surface area contributed by atoms with E-state index in [9.17, 15) is 9.18 Å². The van der Waals surface area contributed by atoms with Crippen molar-refractivity contribution < 1.29 is 9.18 Å². The van der Waals surface area contributed by atoms with Crippen LogP contribution in [0.3, 0.4) is 0 Å². The first-order valence-corrected chi connectivity index (χ1v) is 9.94. The van der Waals surface area contributed by atoms with Crippen molar-refractivity contribution in [1.82, 2.24) is 10.3 Å². The number of aryl methyl sites for hydroxylation is 1. The summed E-state index contributed by atoms with van der Waals surface area (Å²) in [5.41, 5.74) is 5.53. The van der Waals surface area contributed by atoms with Gasteiger partial charge in [-0.05, 0) is 53.8 Å². The SMILES string of the molecule is Cc1cc(F)c2c(c1)C1c3ccccc3CC1C(C(=O)NCc1ccccn1)N2. The van der Waals surface area contributed by atoms with Crippen LogP contribution in [0.2, 0.25) is 0 Å². The predicted molar refractivity (Wildman–Crippen MR) is 110 cm³/mol. The maximum Gasteiger partial charge on any atom is 0.243 e. The van der Waals surface area contributed by atoms with Crippen LogP contribution in [-0.2, 0) is 17.8 Å². The number of amides is 1. The summed E-state index contributed by atoms with van der Waals surface area (Å²) in [5, 5.41) is 6.21. The molecule has 1 aliphatic carbocycles. The van der Waals surface area contributed by atoms with E-state index in [0.717, 1.165) is 23.2 Å². The van der Waals surface area contributed by atoms with E-state index < -0.39 is 6.04 Å². The van der Waals surface area contributed by atoms with E-state index in [1.54, 1.807) is 6.20 Å². The van der Waals surface area contributed by atoms with Gasteiger partial charge in [0.1, 0.15) is 11.9 Å². The summed E-state index contributed by atoms with van der Waals surface area (Å²) >= 11 is 0. The predicted octanol–water partition coefficient (Wildman–Crippen LogP) is 3.94. The van der Waals surface area contributed by atoms with Crippen LogP contribution in [0.25, 0.3) is 0 Å². The number of fused-ring (bicyclic) bond motifs is 5. The number of aromatic nitrogens is 1. The Balaban J connectivity index is 1.50. The second-order valence-electron chi connectivity index (χ2n) is 7.92. The molecule has 4 nitrogen and oxygen atoms in total. The maximum absolute atomic E-state index is 14.8. The highest BCUT2D eigenvalue weighted by Gasteiger charge is 2.46. The van der Waals surface area contributed by atoms with Gasteiger partial charge < -0.3 is 10.6 Å². The maximum atomic E-state index is 14.8. The molecule has 2 heterocycles. The largest absolute Gasteiger partial charge is 0.371 e. The minimum atomic E-state index is -0.499. The van der Waals surface area contributed by atoms with E-state index in [4.69, 9.17) is 0 Å². The zero-order chi connectivity index (χ0) is 20.0. The zero-order valence-electron chi connectivity index (χ0n) is 16.2. The van der Waals surface area contributed by atoms with Gasteiger partial charge in [0.05, 0.1) is 17.9 Å². The highest BCUT2D eigenvalue weighted by molar-refractivity contribution is 5.87. The molecular formula is C24H22FN3O. The Bertz CT molecular complexity index is 1080. The molecule has 2 N–H and O–H groups in total. The fourth-order valence-electron chi connectivity index (χ4n) is 4.81. The molecule has 1 aliphatic heterocycles. The minimum absolute atomic E-state index is 0.0162. The van der Waals surface area contributed by atoms with Gasteiger partial charge in [-0.2, -0.15) is 0 Å². The van der Waals surface area contributed by atoms with Gasteiger partial charge in [0.2, 0.25) is 5.91 Å². The molecule has 0 spiro atoms. The normalized spacial score (nSPS) is 21.5. The standard InChI is InChI=1S/C24H22FN3O/c1-14-10-18-21-17-8-3-2-6-15(17)12-19(21)23(28-22(18)20(25)11-14)24(29)27-13-16-7-4-5-9-26-16/h2-11,19,21,23,28H,12-13H2,1H3,(H,27,29). The summed E-state index contributed by atoms with van der Waals surface area (Å²) in [7, 11) is 0. The van der Waals surface area contributed by atoms with Crippen LogP contribution in [0, 0.1) is 18.7 Å². The molecular weight excluding hydrogens is 365 g/mol. The summed E-state index contributed by atoms with van der Waals surface area (Å²) in [6.07, 6.45) is 2.50. The summed E-state index contributed by atoms with van der Waals surface area (Å²) in [4.78, 5) is 17.4. The van der Waals surface area contributed by atoms with Crippen molar-refractivity contribution in [3.63, 3.8) is 0 Å². The molecule has 3 atom stereocenters. The van der Waals surface area contributed by atoms with Crippen molar-refractivity contribution in [2.45, 2.75) is 31.8 Å². The Hall–Kier alpha value is -3.21.